The molecule has 1 N–H and O–H groups in total. The Kier molecular flexibility index (Phi) is 5.77. The summed E-state index contributed by atoms with van der Waals surface area (Å²) in [6.07, 6.45) is 0. The number of carbonyl (C=O) groups is 2. The molecule has 0 atom stereocenters. The highest BCUT2D eigenvalue weighted by Crippen LogP contribution is 2.36. The van der Waals surface area contributed by atoms with E-state index < -0.39 is 0 Å². The predicted molar refractivity (Wildman–Crippen MR) is 110 cm³/mol. The minimum Gasteiger partial charge on any atom is -0.497 e. The van der Waals surface area contributed by atoms with Gasteiger partial charge in [-0.05, 0) is 43.7 Å². The Bertz CT molecular complexity index is 981. The van der Waals surface area contributed by atoms with Gasteiger partial charge in [-0.15, -0.1) is 0 Å². The first-order chi connectivity index (χ1) is 13.9. The van der Waals surface area contributed by atoms with Crippen LogP contribution in [-0.4, -0.2) is 44.1 Å². The number of benzene rings is 2. The molecule has 7 heteroatoms. The largest absolute Gasteiger partial charge is 0.497 e. The topological polar surface area (TPSA) is 77.1 Å². The molecule has 29 heavy (non-hydrogen) atoms. The van der Waals surface area contributed by atoms with Gasteiger partial charge in [-0.3, -0.25) is 14.5 Å². The summed E-state index contributed by atoms with van der Waals surface area (Å²) in [5.41, 5.74) is 1.70. The lowest BCUT2D eigenvalue weighted by Gasteiger charge is -2.19. The number of hydrogen-bond donors (Lipinski definition) is 1. The number of nitrogens with zero attached hydrogens (tertiary/aromatic N) is 1. The molecule has 1 aliphatic heterocycles. The Balaban J connectivity index is 2.13. The van der Waals surface area contributed by atoms with E-state index in [1.807, 2.05) is 0 Å². The number of hydrogen-bond acceptors (Lipinski definition) is 6. The highest BCUT2D eigenvalue weighted by Gasteiger charge is 2.40. The number of ether oxygens (including phenoxy) is 3. The van der Waals surface area contributed by atoms with Crippen molar-refractivity contribution in [2.24, 2.45) is 0 Å². The number of amides is 2. The van der Waals surface area contributed by atoms with Crippen molar-refractivity contribution in [2.75, 3.05) is 26.6 Å². The standard InChI is InChI=1S/C22H24N2O5/c1-13(2)24-21(25)19(14-9-10-17(28-4)18(11-14)29-5)20(22(24)26)23-15-7-6-8-16(12-15)27-3/h6-13,23H,1-5H3. The highest BCUT2D eigenvalue weighted by molar-refractivity contribution is 6.36. The summed E-state index contributed by atoms with van der Waals surface area (Å²) in [7, 11) is 4.63. The molecular weight excluding hydrogens is 372 g/mol. The molecule has 0 saturated heterocycles. The summed E-state index contributed by atoms with van der Waals surface area (Å²) in [6, 6.07) is 12.0. The molecule has 0 radical (unpaired) electrons. The third-order valence-corrected chi connectivity index (χ3v) is 4.64. The van der Waals surface area contributed by atoms with Gasteiger partial charge in [0.2, 0.25) is 0 Å². The molecule has 1 aliphatic rings. The van der Waals surface area contributed by atoms with Crippen molar-refractivity contribution in [3.63, 3.8) is 0 Å². The van der Waals surface area contributed by atoms with E-state index in [9.17, 15) is 9.59 Å². The molecule has 0 spiro atoms. The first-order valence-electron chi connectivity index (χ1n) is 9.16. The van der Waals surface area contributed by atoms with E-state index in [0.717, 1.165) is 0 Å². The predicted octanol–water partition coefficient (Wildman–Crippen LogP) is 3.31. The summed E-state index contributed by atoms with van der Waals surface area (Å²) >= 11 is 0. The second-order valence-corrected chi connectivity index (χ2v) is 6.75. The molecule has 3 rings (SSSR count). The van der Waals surface area contributed by atoms with Gasteiger partial charge in [0, 0.05) is 17.8 Å². The van der Waals surface area contributed by atoms with Gasteiger partial charge in [-0.2, -0.15) is 0 Å². The maximum absolute atomic E-state index is 13.1. The number of imide groups is 1. The maximum atomic E-state index is 13.1. The van der Waals surface area contributed by atoms with Gasteiger partial charge in [0.15, 0.2) is 11.5 Å². The molecule has 1 heterocycles. The minimum atomic E-state index is -0.377. The second kappa shape index (κ2) is 8.26. The van der Waals surface area contributed by atoms with Crippen LogP contribution in [0.2, 0.25) is 0 Å². The zero-order valence-electron chi connectivity index (χ0n) is 17.1. The summed E-state index contributed by atoms with van der Waals surface area (Å²) < 4.78 is 15.9. The van der Waals surface area contributed by atoms with Crippen molar-refractivity contribution >= 4 is 23.1 Å². The Labute approximate surface area is 169 Å². The lowest BCUT2D eigenvalue weighted by atomic mass is 10.0. The summed E-state index contributed by atoms with van der Waals surface area (Å²) in [4.78, 5) is 27.5. The zero-order chi connectivity index (χ0) is 21.1. The van der Waals surface area contributed by atoms with E-state index in [1.54, 1.807) is 63.4 Å². The van der Waals surface area contributed by atoms with E-state index in [-0.39, 0.29) is 29.1 Å². The molecule has 0 fully saturated rings. The first-order valence-corrected chi connectivity index (χ1v) is 9.16. The van der Waals surface area contributed by atoms with Crippen molar-refractivity contribution in [1.82, 2.24) is 4.90 Å². The van der Waals surface area contributed by atoms with Gasteiger partial charge < -0.3 is 19.5 Å². The lowest BCUT2D eigenvalue weighted by Crippen LogP contribution is -2.38. The maximum Gasteiger partial charge on any atom is 0.278 e. The van der Waals surface area contributed by atoms with Crippen LogP contribution in [0.5, 0.6) is 17.2 Å². The molecule has 2 aromatic rings. The fourth-order valence-corrected chi connectivity index (χ4v) is 3.24. The van der Waals surface area contributed by atoms with Crippen LogP contribution in [-0.2, 0) is 9.59 Å². The summed E-state index contributed by atoms with van der Waals surface area (Å²) in [5, 5.41) is 3.11. The van der Waals surface area contributed by atoms with Crippen LogP contribution in [0.3, 0.4) is 0 Å². The Morgan fingerprint density at radius 1 is 0.862 bits per heavy atom. The molecule has 7 nitrogen and oxygen atoms in total. The van der Waals surface area contributed by atoms with Crippen LogP contribution in [0.25, 0.3) is 5.57 Å². The monoisotopic (exact) mass is 396 g/mol. The van der Waals surface area contributed by atoms with Crippen molar-refractivity contribution in [3.05, 3.63) is 53.7 Å². The van der Waals surface area contributed by atoms with Gasteiger partial charge in [-0.25, -0.2) is 0 Å². The van der Waals surface area contributed by atoms with Gasteiger partial charge in [0.05, 0.1) is 26.9 Å². The summed E-state index contributed by atoms with van der Waals surface area (Å²) in [6.45, 7) is 3.60. The van der Waals surface area contributed by atoms with E-state index in [0.29, 0.717) is 28.5 Å². The molecule has 0 aliphatic carbocycles. The van der Waals surface area contributed by atoms with Gasteiger partial charge >= 0.3 is 0 Å². The van der Waals surface area contributed by atoms with E-state index in [4.69, 9.17) is 14.2 Å². The molecule has 2 amide bonds. The molecule has 0 saturated carbocycles. The second-order valence-electron chi connectivity index (χ2n) is 6.75. The fraction of sp³-hybridized carbons (Fsp3) is 0.273. The number of carbonyl (C=O) groups excluding carboxylic acids is 2. The third kappa shape index (κ3) is 3.76. The van der Waals surface area contributed by atoms with Crippen LogP contribution in [0.15, 0.2) is 48.2 Å². The average molecular weight is 396 g/mol. The Morgan fingerprint density at radius 2 is 1.59 bits per heavy atom. The van der Waals surface area contributed by atoms with Gasteiger partial charge in [0.1, 0.15) is 11.4 Å². The molecule has 152 valence electrons. The molecule has 2 aromatic carbocycles. The molecule has 0 aromatic heterocycles. The Morgan fingerprint density at radius 3 is 2.21 bits per heavy atom. The molecule has 0 unspecified atom stereocenters. The van der Waals surface area contributed by atoms with Crippen LogP contribution >= 0.6 is 0 Å². The normalized spacial score (nSPS) is 13.9. The van der Waals surface area contributed by atoms with Crippen LogP contribution in [0.1, 0.15) is 19.4 Å². The zero-order valence-corrected chi connectivity index (χ0v) is 17.1. The quantitative estimate of drug-likeness (QED) is 0.724. The summed E-state index contributed by atoms with van der Waals surface area (Å²) in [5.74, 6) is 0.916. The molecular formula is C22H24N2O5. The van der Waals surface area contributed by atoms with Crippen LogP contribution < -0.4 is 19.5 Å². The van der Waals surface area contributed by atoms with Gasteiger partial charge in [0.25, 0.3) is 11.8 Å². The SMILES string of the molecule is COc1cccc(NC2=C(c3ccc(OC)c(OC)c3)C(=O)N(C(C)C)C2=O)c1. The number of nitrogens with one attached hydrogen (secondary N) is 1. The number of methoxy groups -OCH3 is 3. The molecule has 0 bridgehead atoms. The van der Waals surface area contributed by atoms with E-state index >= 15 is 0 Å². The Hall–Kier alpha value is -3.48. The average Bonchev–Trinajstić information content (AvgIpc) is 2.97. The van der Waals surface area contributed by atoms with Crippen molar-refractivity contribution in [3.8, 4) is 17.2 Å². The number of rotatable bonds is 7. The van der Waals surface area contributed by atoms with E-state index in [2.05, 4.69) is 5.32 Å². The highest BCUT2D eigenvalue weighted by atomic mass is 16.5. The first kappa shape index (κ1) is 20.3. The van der Waals surface area contributed by atoms with E-state index in [1.165, 1.54) is 19.1 Å². The van der Waals surface area contributed by atoms with Crippen molar-refractivity contribution < 1.29 is 23.8 Å². The number of anilines is 1. The van der Waals surface area contributed by atoms with Gasteiger partial charge in [-0.1, -0.05) is 12.1 Å². The fourth-order valence-electron chi connectivity index (χ4n) is 3.24. The third-order valence-electron chi connectivity index (χ3n) is 4.64. The smallest absolute Gasteiger partial charge is 0.278 e. The van der Waals surface area contributed by atoms with Crippen LogP contribution in [0.4, 0.5) is 5.69 Å². The van der Waals surface area contributed by atoms with Crippen molar-refractivity contribution in [2.45, 2.75) is 19.9 Å². The van der Waals surface area contributed by atoms with Crippen LogP contribution in [0, 0.1) is 0 Å². The van der Waals surface area contributed by atoms with Crippen molar-refractivity contribution in [1.29, 1.82) is 0 Å². The minimum absolute atomic E-state index is 0.212. The lowest BCUT2D eigenvalue weighted by molar-refractivity contribution is -0.138.